The van der Waals surface area contributed by atoms with Crippen molar-refractivity contribution in [2.75, 3.05) is 19.0 Å². The van der Waals surface area contributed by atoms with Gasteiger partial charge in [0.1, 0.15) is 5.88 Å². The molecule has 1 heterocycles. The van der Waals surface area contributed by atoms with Crippen LogP contribution in [-0.2, 0) is 16.0 Å². The minimum absolute atomic E-state index is 0.0160. The summed E-state index contributed by atoms with van der Waals surface area (Å²) in [5, 5.41) is 2.76. The van der Waals surface area contributed by atoms with Crippen LogP contribution in [0.5, 0.6) is 0 Å². The minimum Gasteiger partial charge on any atom is -0.373 e. The standard InChI is InChI=1S/C13H16ClNO2/c14-9-13(16)15-7-5-12-11-4-2-1-3-10(11)6-8-17-12/h1-4,12H,5-9H2,(H,15,16). The fraction of sp³-hybridized carbons (Fsp3) is 0.462. The van der Waals surface area contributed by atoms with Gasteiger partial charge in [0, 0.05) is 6.54 Å². The lowest BCUT2D eigenvalue weighted by Gasteiger charge is -2.26. The molecule has 1 atom stereocenters. The smallest absolute Gasteiger partial charge is 0.234 e. The highest BCUT2D eigenvalue weighted by Crippen LogP contribution is 2.28. The van der Waals surface area contributed by atoms with Crippen molar-refractivity contribution in [1.82, 2.24) is 5.32 Å². The number of carbonyl (C=O) groups excluding carboxylic acids is 1. The van der Waals surface area contributed by atoms with Gasteiger partial charge >= 0.3 is 0 Å². The normalized spacial score (nSPS) is 18.5. The molecule has 0 aliphatic carbocycles. The maximum atomic E-state index is 11.0. The molecule has 1 aromatic carbocycles. The van der Waals surface area contributed by atoms with Gasteiger partial charge in [0.15, 0.2) is 0 Å². The number of nitrogens with one attached hydrogen (secondary N) is 1. The number of alkyl halides is 1. The summed E-state index contributed by atoms with van der Waals surface area (Å²) in [5.41, 5.74) is 2.60. The molecular weight excluding hydrogens is 238 g/mol. The van der Waals surface area contributed by atoms with Gasteiger partial charge in [0.25, 0.3) is 0 Å². The van der Waals surface area contributed by atoms with Crippen LogP contribution in [0.1, 0.15) is 23.7 Å². The van der Waals surface area contributed by atoms with E-state index < -0.39 is 0 Å². The van der Waals surface area contributed by atoms with Gasteiger partial charge in [-0.2, -0.15) is 0 Å². The number of ether oxygens (including phenoxy) is 1. The van der Waals surface area contributed by atoms with Crippen LogP contribution in [-0.4, -0.2) is 24.9 Å². The van der Waals surface area contributed by atoms with Crippen LogP contribution in [0, 0.1) is 0 Å². The minimum atomic E-state index is -0.129. The number of fused-ring (bicyclic) bond motifs is 1. The van der Waals surface area contributed by atoms with Crippen LogP contribution in [0.2, 0.25) is 0 Å². The Morgan fingerprint density at radius 2 is 2.29 bits per heavy atom. The van der Waals surface area contributed by atoms with Crippen LogP contribution in [0.25, 0.3) is 0 Å². The highest BCUT2D eigenvalue weighted by molar-refractivity contribution is 6.27. The summed E-state index contributed by atoms with van der Waals surface area (Å²) in [6.45, 7) is 1.36. The summed E-state index contributed by atoms with van der Waals surface area (Å²) < 4.78 is 5.74. The predicted molar refractivity (Wildman–Crippen MR) is 67.2 cm³/mol. The number of benzene rings is 1. The molecule has 1 aliphatic rings. The molecule has 2 rings (SSSR count). The third-order valence-electron chi connectivity index (χ3n) is 2.94. The summed E-state index contributed by atoms with van der Waals surface area (Å²) in [5.74, 6) is -0.113. The van der Waals surface area contributed by atoms with E-state index in [1.54, 1.807) is 0 Å². The Balaban J connectivity index is 1.92. The Morgan fingerprint density at radius 1 is 1.47 bits per heavy atom. The van der Waals surface area contributed by atoms with Crippen molar-refractivity contribution in [3.8, 4) is 0 Å². The van der Waals surface area contributed by atoms with Crippen molar-refractivity contribution in [1.29, 1.82) is 0 Å². The monoisotopic (exact) mass is 253 g/mol. The van der Waals surface area contributed by atoms with Gasteiger partial charge in [0.05, 0.1) is 12.7 Å². The fourth-order valence-electron chi connectivity index (χ4n) is 2.11. The molecular formula is C13H16ClNO2. The first-order valence-corrected chi connectivity index (χ1v) is 6.37. The van der Waals surface area contributed by atoms with Crippen molar-refractivity contribution >= 4 is 17.5 Å². The molecule has 0 fully saturated rings. The molecule has 0 bridgehead atoms. The molecule has 0 radical (unpaired) electrons. The van der Waals surface area contributed by atoms with E-state index in [1.807, 2.05) is 6.07 Å². The maximum absolute atomic E-state index is 11.0. The molecule has 92 valence electrons. The number of rotatable bonds is 4. The lowest BCUT2D eigenvalue weighted by atomic mass is 9.96. The third-order valence-corrected chi connectivity index (χ3v) is 3.19. The highest BCUT2D eigenvalue weighted by Gasteiger charge is 2.19. The van der Waals surface area contributed by atoms with E-state index in [1.165, 1.54) is 11.1 Å². The largest absolute Gasteiger partial charge is 0.373 e. The van der Waals surface area contributed by atoms with Crippen LogP contribution in [0.4, 0.5) is 0 Å². The summed E-state index contributed by atoms with van der Waals surface area (Å²) in [6.07, 6.45) is 1.86. The molecule has 3 nitrogen and oxygen atoms in total. The zero-order valence-corrected chi connectivity index (χ0v) is 10.4. The summed E-state index contributed by atoms with van der Waals surface area (Å²) in [6, 6.07) is 8.32. The zero-order valence-electron chi connectivity index (χ0n) is 9.62. The Morgan fingerprint density at radius 3 is 3.12 bits per heavy atom. The van der Waals surface area contributed by atoms with Gasteiger partial charge in [-0.15, -0.1) is 11.6 Å². The SMILES string of the molecule is O=C(CCl)NCCC1OCCc2ccccc21. The molecule has 0 saturated heterocycles. The number of hydrogen-bond donors (Lipinski definition) is 1. The zero-order chi connectivity index (χ0) is 12.1. The van der Waals surface area contributed by atoms with Gasteiger partial charge in [-0.25, -0.2) is 0 Å². The lowest BCUT2D eigenvalue weighted by Crippen LogP contribution is -2.28. The average molecular weight is 254 g/mol. The first-order chi connectivity index (χ1) is 8.31. The van der Waals surface area contributed by atoms with Gasteiger partial charge in [-0.3, -0.25) is 4.79 Å². The molecule has 1 aliphatic heterocycles. The van der Waals surface area contributed by atoms with E-state index in [-0.39, 0.29) is 17.9 Å². The highest BCUT2D eigenvalue weighted by atomic mass is 35.5. The Hall–Kier alpha value is -1.06. The van der Waals surface area contributed by atoms with Crippen molar-refractivity contribution in [2.24, 2.45) is 0 Å². The molecule has 1 unspecified atom stereocenters. The average Bonchev–Trinajstić information content (AvgIpc) is 2.39. The van der Waals surface area contributed by atoms with E-state index in [2.05, 4.69) is 23.5 Å². The molecule has 0 aromatic heterocycles. The van der Waals surface area contributed by atoms with Crippen molar-refractivity contribution in [2.45, 2.75) is 18.9 Å². The summed E-state index contributed by atoms with van der Waals surface area (Å²) >= 11 is 5.41. The van der Waals surface area contributed by atoms with Crippen LogP contribution >= 0.6 is 11.6 Å². The van der Waals surface area contributed by atoms with Crippen molar-refractivity contribution in [3.63, 3.8) is 0 Å². The molecule has 0 spiro atoms. The topological polar surface area (TPSA) is 38.3 Å². The molecule has 4 heteroatoms. The molecule has 1 aromatic rings. The van der Waals surface area contributed by atoms with E-state index in [4.69, 9.17) is 16.3 Å². The van der Waals surface area contributed by atoms with Crippen LogP contribution in [0.15, 0.2) is 24.3 Å². The van der Waals surface area contributed by atoms with Crippen molar-refractivity contribution < 1.29 is 9.53 Å². The third kappa shape index (κ3) is 3.20. The van der Waals surface area contributed by atoms with E-state index >= 15 is 0 Å². The van der Waals surface area contributed by atoms with Gasteiger partial charge in [0.2, 0.25) is 5.91 Å². The fourth-order valence-corrected chi connectivity index (χ4v) is 2.20. The summed E-state index contributed by atoms with van der Waals surface area (Å²) in [4.78, 5) is 11.0. The van der Waals surface area contributed by atoms with Crippen molar-refractivity contribution in [3.05, 3.63) is 35.4 Å². The van der Waals surface area contributed by atoms with E-state index in [0.29, 0.717) is 6.54 Å². The van der Waals surface area contributed by atoms with Crippen LogP contribution < -0.4 is 5.32 Å². The van der Waals surface area contributed by atoms with Crippen LogP contribution in [0.3, 0.4) is 0 Å². The first-order valence-electron chi connectivity index (χ1n) is 5.83. The molecule has 1 amide bonds. The second kappa shape index (κ2) is 6.03. The quantitative estimate of drug-likeness (QED) is 0.834. The van der Waals surface area contributed by atoms with Gasteiger partial charge in [-0.05, 0) is 24.0 Å². The predicted octanol–water partition coefficient (Wildman–Crippen LogP) is 2.05. The lowest BCUT2D eigenvalue weighted by molar-refractivity contribution is -0.118. The summed E-state index contributed by atoms with van der Waals surface area (Å²) in [7, 11) is 0. The van der Waals surface area contributed by atoms with Gasteiger partial charge < -0.3 is 10.1 Å². The number of carbonyl (C=O) groups is 1. The Labute approximate surface area is 106 Å². The first kappa shape index (κ1) is 12.4. The second-order valence-corrected chi connectivity index (χ2v) is 4.35. The number of amides is 1. The maximum Gasteiger partial charge on any atom is 0.234 e. The van der Waals surface area contributed by atoms with Gasteiger partial charge in [-0.1, -0.05) is 24.3 Å². The second-order valence-electron chi connectivity index (χ2n) is 4.08. The molecule has 0 saturated carbocycles. The van der Waals surface area contributed by atoms with E-state index in [9.17, 15) is 4.79 Å². The van der Waals surface area contributed by atoms with E-state index in [0.717, 1.165) is 19.4 Å². The Bertz CT molecular complexity index is 395. The Kier molecular flexibility index (Phi) is 4.40. The number of halogens is 1. The number of hydrogen-bond acceptors (Lipinski definition) is 2. The molecule has 1 N–H and O–H groups in total. The molecule has 17 heavy (non-hydrogen) atoms.